The number of aliphatic carboxylic acids is 1. The monoisotopic (exact) mass is 561 g/mol. The third kappa shape index (κ3) is 3.84. The number of carboxylic acids is 2. The fraction of sp³-hybridized carbons (Fsp3) is 0.686. The van der Waals surface area contributed by atoms with Crippen molar-refractivity contribution in [2.24, 2.45) is 45.3 Å². The van der Waals surface area contributed by atoms with Crippen molar-refractivity contribution >= 4 is 23.4 Å². The zero-order chi connectivity index (χ0) is 29.6. The van der Waals surface area contributed by atoms with Crippen LogP contribution in [0.5, 0.6) is 0 Å². The Bertz CT molecular complexity index is 1310. The zero-order valence-electron chi connectivity index (χ0n) is 25.4. The Morgan fingerprint density at radius 1 is 0.780 bits per heavy atom. The lowest BCUT2D eigenvalue weighted by atomic mass is 9.33. The molecule has 4 fully saturated rings. The smallest absolute Gasteiger partial charge is 0.394 e. The lowest BCUT2D eigenvalue weighted by molar-refractivity contribution is -0.217. The van der Waals surface area contributed by atoms with Crippen molar-refractivity contribution in [2.45, 2.75) is 104 Å². The van der Waals surface area contributed by atoms with Crippen molar-refractivity contribution in [3.63, 3.8) is 0 Å². The number of benzene rings is 1. The van der Waals surface area contributed by atoms with Crippen LogP contribution in [0.1, 0.15) is 115 Å². The number of hydrogen-bond acceptors (Lipinski definition) is 3. The number of aromatic carboxylic acids is 1. The summed E-state index contributed by atoms with van der Waals surface area (Å²) in [5.41, 5.74) is 2.97. The van der Waals surface area contributed by atoms with Crippen LogP contribution in [0, 0.1) is 45.3 Å². The molecule has 0 heterocycles. The van der Waals surface area contributed by atoms with Crippen molar-refractivity contribution in [1.29, 1.82) is 0 Å². The predicted octanol–water partition coefficient (Wildman–Crippen LogP) is 7.19. The summed E-state index contributed by atoms with van der Waals surface area (Å²) in [7, 11) is 0. The Hall–Kier alpha value is -2.63. The van der Waals surface area contributed by atoms with E-state index in [1.165, 1.54) is 24.8 Å². The minimum absolute atomic E-state index is 0.0227. The molecule has 7 unspecified atom stereocenters. The molecule has 0 saturated heterocycles. The highest BCUT2D eigenvalue weighted by Gasteiger charge is 2.69. The number of nitrogens with one attached hydrogen (secondary N) is 1. The number of allylic oxidation sites excluding steroid dienone is 2. The molecular formula is C35H47NO5. The van der Waals surface area contributed by atoms with E-state index in [0.29, 0.717) is 29.2 Å². The van der Waals surface area contributed by atoms with Crippen LogP contribution < -0.4 is 5.32 Å². The van der Waals surface area contributed by atoms with Crippen molar-refractivity contribution < 1.29 is 24.6 Å². The summed E-state index contributed by atoms with van der Waals surface area (Å²) in [6.45, 7) is 12.5. The van der Waals surface area contributed by atoms with E-state index in [-0.39, 0.29) is 27.2 Å². The van der Waals surface area contributed by atoms with E-state index in [2.05, 4.69) is 46.0 Å². The second kappa shape index (κ2) is 9.18. The van der Waals surface area contributed by atoms with E-state index in [1.54, 1.807) is 12.1 Å². The molecule has 1 amide bonds. The lowest BCUT2D eigenvalue weighted by Gasteiger charge is -2.72. The number of rotatable bonds is 3. The number of carbonyl (C=O) groups is 3. The van der Waals surface area contributed by atoms with Gasteiger partial charge in [0.25, 0.3) is 0 Å². The molecule has 5 aliphatic rings. The second-order valence-electron chi connectivity index (χ2n) is 15.5. The van der Waals surface area contributed by atoms with Crippen LogP contribution in [0.25, 0.3) is 5.57 Å². The van der Waals surface area contributed by atoms with E-state index >= 15 is 0 Å². The van der Waals surface area contributed by atoms with Gasteiger partial charge in [0.15, 0.2) is 0 Å². The highest BCUT2D eigenvalue weighted by Crippen LogP contribution is 2.76. The topological polar surface area (TPSA) is 104 Å². The van der Waals surface area contributed by atoms with Crippen molar-refractivity contribution in [3.8, 4) is 0 Å². The first kappa shape index (κ1) is 28.5. The van der Waals surface area contributed by atoms with Crippen LogP contribution in [0.3, 0.4) is 0 Å². The van der Waals surface area contributed by atoms with E-state index in [1.807, 2.05) is 12.1 Å². The molecule has 5 aliphatic carbocycles. The third-order valence-electron chi connectivity index (χ3n) is 13.9. The maximum Gasteiger partial charge on any atom is 0.394 e. The summed E-state index contributed by atoms with van der Waals surface area (Å²) in [4.78, 5) is 35.3. The zero-order valence-corrected chi connectivity index (χ0v) is 25.4. The van der Waals surface area contributed by atoms with Gasteiger partial charge in [0, 0.05) is 5.54 Å². The van der Waals surface area contributed by atoms with Gasteiger partial charge in [0.05, 0.1) is 5.56 Å². The molecule has 0 spiro atoms. The van der Waals surface area contributed by atoms with Crippen molar-refractivity contribution in [2.75, 3.05) is 0 Å². The van der Waals surface area contributed by atoms with Crippen LogP contribution in [-0.4, -0.2) is 33.6 Å². The Morgan fingerprint density at radius 2 is 1.49 bits per heavy atom. The SMILES string of the molecule is CC1(C)C(c2ccc(C(=O)O)cc2)=CCC2(C)C1CCC1(C)C2CCC2C3CCCC3(NC(=O)C(=O)O)CC[C@]21C. The normalized spacial score (nSPS) is 42.5. The molecule has 222 valence electrons. The summed E-state index contributed by atoms with van der Waals surface area (Å²) in [6, 6.07) is 7.43. The van der Waals surface area contributed by atoms with Crippen LogP contribution in [-0.2, 0) is 9.59 Å². The first-order chi connectivity index (χ1) is 19.2. The molecule has 0 aromatic heterocycles. The Morgan fingerprint density at radius 3 is 2.15 bits per heavy atom. The predicted molar refractivity (Wildman–Crippen MR) is 158 cm³/mol. The Labute approximate surface area is 244 Å². The fourth-order valence-corrected chi connectivity index (χ4v) is 12.0. The quantitative estimate of drug-likeness (QED) is 0.339. The van der Waals surface area contributed by atoms with Gasteiger partial charge in [-0.2, -0.15) is 0 Å². The molecule has 6 rings (SSSR count). The molecule has 0 radical (unpaired) electrons. The van der Waals surface area contributed by atoms with Gasteiger partial charge in [0.1, 0.15) is 0 Å². The van der Waals surface area contributed by atoms with Crippen LogP contribution in [0.2, 0.25) is 0 Å². The summed E-state index contributed by atoms with van der Waals surface area (Å²) < 4.78 is 0. The maximum absolute atomic E-state index is 12.4. The summed E-state index contributed by atoms with van der Waals surface area (Å²) in [5.74, 6) is -1.09. The van der Waals surface area contributed by atoms with Gasteiger partial charge in [-0.15, -0.1) is 0 Å². The maximum atomic E-state index is 12.4. The van der Waals surface area contributed by atoms with Gasteiger partial charge in [0.2, 0.25) is 0 Å². The summed E-state index contributed by atoms with van der Waals surface area (Å²) in [6.07, 6.45) is 13.2. The van der Waals surface area contributed by atoms with E-state index in [4.69, 9.17) is 0 Å². The van der Waals surface area contributed by atoms with Gasteiger partial charge >= 0.3 is 17.8 Å². The largest absolute Gasteiger partial charge is 0.478 e. The molecule has 4 saturated carbocycles. The fourth-order valence-electron chi connectivity index (χ4n) is 12.0. The molecule has 0 bridgehead atoms. The summed E-state index contributed by atoms with van der Waals surface area (Å²) in [5, 5.41) is 21.8. The third-order valence-corrected chi connectivity index (χ3v) is 13.9. The molecular weight excluding hydrogens is 514 g/mol. The molecule has 8 atom stereocenters. The van der Waals surface area contributed by atoms with Crippen molar-refractivity contribution in [3.05, 3.63) is 41.5 Å². The highest BCUT2D eigenvalue weighted by atomic mass is 16.4. The van der Waals surface area contributed by atoms with Gasteiger partial charge in [-0.1, -0.05) is 59.2 Å². The number of carbonyl (C=O) groups excluding carboxylic acids is 1. The second-order valence-corrected chi connectivity index (χ2v) is 15.5. The van der Waals surface area contributed by atoms with E-state index < -0.39 is 17.8 Å². The van der Waals surface area contributed by atoms with Gasteiger partial charge in [-0.3, -0.25) is 4.79 Å². The number of carboxylic acid groups (broad SMARTS) is 2. The van der Waals surface area contributed by atoms with Crippen LogP contribution in [0.15, 0.2) is 30.3 Å². The molecule has 6 heteroatoms. The minimum atomic E-state index is -1.37. The van der Waals surface area contributed by atoms with E-state index in [0.717, 1.165) is 50.5 Å². The molecule has 3 N–H and O–H groups in total. The standard InChI is InChI=1S/C35H47NO5/c1-31(2)23(21-8-10-22(11-9-21)29(38)39)14-17-32(3)26(31)15-18-34(5)27(32)13-12-24-25-7-6-16-35(25,20-19-33(24,34)4)36-28(37)30(40)41/h8-11,14,24-27H,6-7,12-13,15-20H2,1-5H3,(H,36,37)(H,38,39)(H,40,41)/t24?,25?,26?,27?,32?,33-,34?,35?/m1/s1. The first-order valence-electron chi connectivity index (χ1n) is 15.8. The van der Waals surface area contributed by atoms with Gasteiger partial charge in [-0.05, 0) is 126 Å². The molecule has 1 aromatic carbocycles. The highest BCUT2D eigenvalue weighted by molar-refractivity contribution is 6.31. The molecule has 0 aliphatic heterocycles. The first-order valence-corrected chi connectivity index (χ1v) is 15.8. The molecule has 1 aromatic rings. The van der Waals surface area contributed by atoms with Gasteiger partial charge < -0.3 is 15.5 Å². The average molecular weight is 562 g/mol. The Balaban J connectivity index is 1.32. The lowest BCUT2D eigenvalue weighted by Crippen LogP contribution is -2.68. The van der Waals surface area contributed by atoms with Crippen LogP contribution >= 0.6 is 0 Å². The number of hydrogen-bond donors (Lipinski definition) is 3. The van der Waals surface area contributed by atoms with E-state index in [9.17, 15) is 24.6 Å². The minimum Gasteiger partial charge on any atom is -0.478 e. The Kier molecular flexibility index (Phi) is 6.38. The molecule has 6 nitrogen and oxygen atoms in total. The summed E-state index contributed by atoms with van der Waals surface area (Å²) >= 11 is 0. The number of amides is 1. The molecule has 41 heavy (non-hydrogen) atoms. The number of fused-ring (bicyclic) bond motifs is 7. The average Bonchev–Trinajstić information content (AvgIpc) is 3.32. The van der Waals surface area contributed by atoms with Crippen LogP contribution in [0.4, 0.5) is 0 Å². The van der Waals surface area contributed by atoms with Gasteiger partial charge in [-0.25, -0.2) is 9.59 Å². The van der Waals surface area contributed by atoms with Crippen molar-refractivity contribution in [1.82, 2.24) is 5.32 Å².